The standard InChI is InChI=1S/C35H36O10.2C3H8/c1-22-3-6-27-15-24(5-8-25(27)13-22)17-45-44-12-11-38-30-18-39-34-31(19-40-33(30)34)42-21-43-32(36)20-41-35(37)29-10-9-26-14-23(2)4-7-28(26)16-29;2*1-3-2/h3-10,13-16,30-31,33-34H,11-12,17-21H2,1-2H3;2*3H2,1-2H3/t30-,31-,33-,34-;;/m1../s1. The molecule has 0 aromatic heterocycles. The van der Waals surface area contributed by atoms with Crippen LogP contribution in [0.15, 0.2) is 72.8 Å². The summed E-state index contributed by atoms with van der Waals surface area (Å²) < 4.78 is 33.5. The molecule has 2 aliphatic rings. The highest BCUT2D eigenvalue weighted by Gasteiger charge is 2.49. The van der Waals surface area contributed by atoms with Crippen LogP contribution in [0.4, 0.5) is 0 Å². The molecule has 276 valence electrons. The highest BCUT2D eigenvalue weighted by atomic mass is 17.2. The molecule has 2 heterocycles. The molecule has 2 saturated heterocycles. The van der Waals surface area contributed by atoms with E-state index in [9.17, 15) is 9.59 Å². The van der Waals surface area contributed by atoms with Crippen molar-refractivity contribution in [1.82, 2.24) is 0 Å². The maximum atomic E-state index is 12.4. The number of carbonyl (C=O) groups is 2. The summed E-state index contributed by atoms with van der Waals surface area (Å²) in [5.74, 6) is -1.33. The number of rotatable bonds is 13. The van der Waals surface area contributed by atoms with Gasteiger partial charge in [-0.3, -0.25) is 0 Å². The summed E-state index contributed by atoms with van der Waals surface area (Å²) in [7, 11) is 0. The second kappa shape index (κ2) is 20.8. The summed E-state index contributed by atoms with van der Waals surface area (Å²) >= 11 is 0. The van der Waals surface area contributed by atoms with Gasteiger partial charge in [0.25, 0.3) is 0 Å². The van der Waals surface area contributed by atoms with Crippen LogP contribution in [-0.4, -0.2) is 76.2 Å². The Balaban J connectivity index is 0.000000909. The number of hydrogen-bond donors (Lipinski definition) is 0. The van der Waals surface area contributed by atoms with Crippen LogP contribution in [0.25, 0.3) is 21.5 Å². The van der Waals surface area contributed by atoms with E-state index in [1.807, 2.05) is 37.3 Å². The zero-order valence-corrected chi connectivity index (χ0v) is 30.7. The van der Waals surface area contributed by atoms with Gasteiger partial charge in [0, 0.05) is 0 Å². The Labute approximate surface area is 301 Å². The lowest BCUT2D eigenvalue weighted by Gasteiger charge is -2.17. The molecule has 0 aliphatic carbocycles. The first-order valence-corrected chi connectivity index (χ1v) is 17.8. The molecule has 4 atom stereocenters. The van der Waals surface area contributed by atoms with E-state index >= 15 is 0 Å². The minimum absolute atomic E-state index is 0.252. The maximum Gasteiger partial charge on any atom is 0.346 e. The fourth-order valence-electron chi connectivity index (χ4n) is 5.55. The van der Waals surface area contributed by atoms with Crippen molar-refractivity contribution >= 4 is 33.5 Å². The molecular formula is C41H52O10. The topological polar surface area (TPSA) is 108 Å². The third-order valence-electron chi connectivity index (χ3n) is 7.88. The largest absolute Gasteiger partial charge is 0.450 e. The van der Waals surface area contributed by atoms with E-state index in [4.69, 9.17) is 38.2 Å². The Morgan fingerprint density at radius 1 is 0.647 bits per heavy atom. The molecule has 51 heavy (non-hydrogen) atoms. The molecular weight excluding hydrogens is 652 g/mol. The third kappa shape index (κ3) is 12.1. The molecule has 0 spiro atoms. The SMILES string of the molecule is CCC.CCC.Cc1ccc2cc(COOCCO[C@@H]3CO[C@H]4[C@@H]3OC[C@H]4OCOC(=O)COC(=O)c3ccc4cc(C)ccc4c3)ccc2c1. The minimum atomic E-state index is -0.721. The molecule has 2 fully saturated rings. The molecule has 0 bridgehead atoms. The van der Waals surface area contributed by atoms with E-state index in [0.29, 0.717) is 25.4 Å². The van der Waals surface area contributed by atoms with Crippen molar-refractivity contribution in [2.45, 2.75) is 85.4 Å². The lowest BCUT2D eigenvalue weighted by molar-refractivity contribution is -0.309. The van der Waals surface area contributed by atoms with Crippen LogP contribution < -0.4 is 0 Å². The predicted octanol–water partition coefficient (Wildman–Crippen LogP) is 7.82. The number of aryl methyl sites for hydroxylation is 2. The molecule has 4 aromatic carbocycles. The Morgan fingerprint density at radius 3 is 1.84 bits per heavy atom. The Hall–Kier alpha value is -3.90. The average molecular weight is 705 g/mol. The van der Waals surface area contributed by atoms with Crippen LogP contribution >= 0.6 is 0 Å². The first kappa shape index (κ1) is 39.9. The van der Waals surface area contributed by atoms with Gasteiger partial charge in [0.1, 0.15) is 37.6 Å². The summed E-state index contributed by atoms with van der Waals surface area (Å²) in [5.41, 5.74) is 3.73. The Bertz CT molecular complexity index is 1690. The molecule has 0 unspecified atom stereocenters. The van der Waals surface area contributed by atoms with E-state index < -0.39 is 24.6 Å². The van der Waals surface area contributed by atoms with Crippen LogP contribution in [-0.2, 0) is 49.6 Å². The van der Waals surface area contributed by atoms with Gasteiger partial charge in [0.15, 0.2) is 13.4 Å². The fourth-order valence-corrected chi connectivity index (χ4v) is 5.55. The van der Waals surface area contributed by atoms with Crippen molar-refractivity contribution in [2.24, 2.45) is 0 Å². The normalized spacial score (nSPS) is 19.1. The highest BCUT2D eigenvalue weighted by molar-refractivity contribution is 5.96. The first-order chi connectivity index (χ1) is 24.8. The lowest BCUT2D eigenvalue weighted by Crippen LogP contribution is -2.35. The van der Waals surface area contributed by atoms with Crippen molar-refractivity contribution in [3.8, 4) is 0 Å². The minimum Gasteiger partial charge on any atom is -0.450 e. The lowest BCUT2D eigenvalue weighted by atomic mass is 10.0. The molecule has 10 heteroatoms. The summed E-state index contributed by atoms with van der Waals surface area (Å²) in [6.07, 6.45) is 1.14. The Morgan fingerprint density at radius 2 is 1.20 bits per heavy atom. The van der Waals surface area contributed by atoms with Gasteiger partial charge in [-0.25, -0.2) is 19.4 Å². The van der Waals surface area contributed by atoms with Gasteiger partial charge in [-0.05, 0) is 59.2 Å². The fraction of sp³-hybridized carbons (Fsp3) is 0.463. The highest BCUT2D eigenvalue weighted by Crippen LogP contribution is 2.30. The van der Waals surface area contributed by atoms with Gasteiger partial charge in [0.05, 0.1) is 25.4 Å². The molecule has 0 N–H and O–H groups in total. The van der Waals surface area contributed by atoms with Gasteiger partial charge in [-0.15, -0.1) is 0 Å². The van der Waals surface area contributed by atoms with Crippen molar-refractivity contribution in [1.29, 1.82) is 0 Å². The number of esters is 2. The van der Waals surface area contributed by atoms with Gasteiger partial charge in [-0.1, -0.05) is 106 Å². The van der Waals surface area contributed by atoms with Gasteiger partial charge in [-0.2, -0.15) is 0 Å². The molecule has 2 aliphatic heterocycles. The molecule has 10 nitrogen and oxygen atoms in total. The van der Waals surface area contributed by atoms with E-state index in [1.54, 1.807) is 12.1 Å². The van der Waals surface area contributed by atoms with Crippen molar-refractivity contribution in [3.63, 3.8) is 0 Å². The average Bonchev–Trinajstić information content (AvgIpc) is 3.72. The number of ether oxygens (including phenoxy) is 6. The molecule has 0 radical (unpaired) electrons. The van der Waals surface area contributed by atoms with Crippen molar-refractivity contribution < 1.29 is 47.8 Å². The summed E-state index contributed by atoms with van der Waals surface area (Å²) in [6, 6.07) is 23.7. The molecule has 6 rings (SSSR count). The van der Waals surface area contributed by atoms with Gasteiger partial charge < -0.3 is 28.4 Å². The van der Waals surface area contributed by atoms with Crippen LogP contribution in [0.1, 0.15) is 67.6 Å². The second-order valence-corrected chi connectivity index (χ2v) is 12.7. The maximum absolute atomic E-state index is 12.4. The zero-order valence-electron chi connectivity index (χ0n) is 30.7. The molecule has 0 amide bonds. The summed E-state index contributed by atoms with van der Waals surface area (Å²) in [4.78, 5) is 35.2. The third-order valence-corrected chi connectivity index (χ3v) is 7.88. The van der Waals surface area contributed by atoms with Gasteiger partial charge in [0.2, 0.25) is 0 Å². The van der Waals surface area contributed by atoms with Gasteiger partial charge >= 0.3 is 11.9 Å². The Kier molecular flexibility index (Phi) is 16.3. The quantitative estimate of drug-likeness (QED) is 0.0450. The smallest absolute Gasteiger partial charge is 0.346 e. The monoisotopic (exact) mass is 704 g/mol. The van der Waals surface area contributed by atoms with E-state index in [1.165, 1.54) is 23.8 Å². The van der Waals surface area contributed by atoms with Crippen molar-refractivity contribution in [3.05, 3.63) is 95.1 Å². The van der Waals surface area contributed by atoms with Crippen LogP contribution in [0.5, 0.6) is 0 Å². The van der Waals surface area contributed by atoms with Crippen LogP contribution in [0.3, 0.4) is 0 Å². The first-order valence-electron chi connectivity index (χ1n) is 17.8. The second-order valence-electron chi connectivity index (χ2n) is 12.7. The number of benzene rings is 4. The predicted molar refractivity (Wildman–Crippen MR) is 195 cm³/mol. The van der Waals surface area contributed by atoms with Crippen LogP contribution in [0, 0.1) is 13.8 Å². The van der Waals surface area contributed by atoms with E-state index in [-0.39, 0.29) is 38.3 Å². The van der Waals surface area contributed by atoms with Crippen LogP contribution in [0.2, 0.25) is 0 Å². The summed E-state index contributed by atoms with van der Waals surface area (Å²) in [6.45, 7) is 13.2. The van der Waals surface area contributed by atoms with E-state index in [0.717, 1.165) is 27.3 Å². The zero-order chi connectivity index (χ0) is 36.6. The number of carbonyl (C=O) groups excluding carboxylic acids is 2. The number of fused-ring (bicyclic) bond motifs is 3. The van der Waals surface area contributed by atoms with E-state index in [2.05, 4.69) is 65.0 Å². The van der Waals surface area contributed by atoms with Crippen molar-refractivity contribution in [2.75, 3.05) is 39.8 Å². The summed E-state index contributed by atoms with van der Waals surface area (Å²) in [5, 5.41) is 4.28. The molecule has 0 saturated carbocycles. The number of hydrogen-bond acceptors (Lipinski definition) is 10. The molecule has 4 aromatic rings.